The van der Waals surface area contributed by atoms with Gasteiger partial charge < -0.3 is 19.5 Å². The molecule has 9 heteroatoms. The van der Waals surface area contributed by atoms with Crippen LogP contribution in [0.1, 0.15) is 17.3 Å². The summed E-state index contributed by atoms with van der Waals surface area (Å²) in [5.41, 5.74) is 0.547. The molecule has 0 atom stereocenters. The van der Waals surface area contributed by atoms with Gasteiger partial charge in [-0.05, 0) is 30.3 Å². The molecular formula is C18H22N2O6S. The molecule has 1 amide bonds. The van der Waals surface area contributed by atoms with Crippen LogP contribution in [0.15, 0.2) is 41.3 Å². The van der Waals surface area contributed by atoms with E-state index in [4.69, 9.17) is 14.2 Å². The second kappa shape index (κ2) is 8.74. The molecule has 0 heterocycles. The van der Waals surface area contributed by atoms with Crippen LogP contribution in [0.4, 0.5) is 5.69 Å². The smallest absolute Gasteiger partial charge is 0.255 e. The Morgan fingerprint density at radius 2 is 1.63 bits per heavy atom. The van der Waals surface area contributed by atoms with Crippen LogP contribution in [-0.2, 0) is 10.0 Å². The average molecular weight is 394 g/mol. The summed E-state index contributed by atoms with van der Waals surface area (Å²) in [5, 5.41) is 2.70. The fraction of sp³-hybridized carbons (Fsp3) is 0.278. The fourth-order valence-electron chi connectivity index (χ4n) is 2.40. The Balaban J connectivity index is 2.40. The van der Waals surface area contributed by atoms with Crippen molar-refractivity contribution in [2.45, 2.75) is 11.8 Å². The van der Waals surface area contributed by atoms with Gasteiger partial charge in [-0.1, -0.05) is 6.92 Å². The average Bonchev–Trinajstić information content (AvgIpc) is 2.67. The minimum atomic E-state index is -3.81. The molecule has 2 aromatic carbocycles. The lowest BCUT2D eigenvalue weighted by Gasteiger charge is -2.14. The summed E-state index contributed by atoms with van der Waals surface area (Å²) >= 11 is 0. The van der Waals surface area contributed by atoms with Crippen molar-refractivity contribution in [3.8, 4) is 17.2 Å². The van der Waals surface area contributed by atoms with E-state index in [2.05, 4.69) is 10.0 Å². The Kier molecular flexibility index (Phi) is 6.65. The van der Waals surface area contributed by atoms with Crippen molar-refractivity contribution in [1.82, 2.24) is 4.72 Å². The third-order valence-electron chi connectivity index (χ3n) is 3.70. The van der Waals surface area contributed by atoms with E-state index in [1.54, 1.807) is 25.1 Å². The fourth-order valence-corrected chi connectivity index (χ4v) is 3.64. The Morgan fingerprint density at radius 1 is 0.963 bits per heavy atom. The van der Waals surface area contributed by atoms with Gasteiger partial charge in [0.25, 0.3) is 5.91 Å². The zero-order valence-corrected chi connectivity index (χ0v) is 16.3. The van der Waals surface area contributed by atoms with Crippen LogP contribution in [0, 0.1) is 0 Å². The van der Waals surface area contributed by atoms with Crippen molar-refractivity contribution in [1.29, 1.82) is 0 Å². The molecule has 0 aliphatic carbocycles. The highest BCUT2D eigenvalue weighted by Gasteiger charge is 2.21. The number of rotatable bonds is 8. The molecule has 2 aromatic rings. The highest BCUT2D eigenvalue weighted by atomic mass is 32.2. The molecule has 2 N–H and O–H groups in total. The molecule has 0 spiro atoms. The second-order valence-electron chi connectivity index (χ2n) is 5.39. The van der Waals surface area contributed by atoms with Crippen LogP contribution in [0.5, 0.6) is 17.2 Å². The van der Waals surface area contributed by atoms with E-state index in [1.165, 1.54) is 39.5 Å². The van der Waals surface area contributed by atoms with Crippen LogP contribution in [0.3, 0.4) is 0 Å². The van der Waals surface area contributed by atoms with Crippen LogP contribution in [0.25, 0.3) is 0 Å². The van der Waals surface area contributed by atoms with Gasteiger partial charge >= 0.3 is 0 Å². The Hall–Kier alpha value is -2.78. The van der Waals surface area contributed by atoms with Gasteiger partial charge in [0, 0.05) is 18.2 Å². The van der Waals surface area contributed by atoms with Crippen molar-refractivity contribution >= 4 is 21.6 Å². The number of nitrogens with one attached hydrogen (secondary N) is 2. The van der Waals surface area contributed by atoms with Gasteiger partial charge in [0.1, 0.15) is 22.1 Å². The SMILES string of the molecule is CCNS(=O)(=O)c1cc(C(=O)Nc2cc(OC)ccc2OC)ccc1OC. The van der Waals surface area contributed by atoms with Crippen LogP contribution < -0.4 is 24.2 Å². The van der Waals surface area contributed by atoms with Crippen molar-refractivity contribution in [3.63, 3.8) is 0 Å². The molecular weight excluding hydrogens is 372 g/mol. The molecule has 0 aliphatic heterocycles. The number of amides is 1. The summed E-state index contributed by atoms with van der Waals surface area (Å²) in [4.78, 5) is 12.5. The molecule has 8 nitrogen and oxygen atoms in total. The maximum Gasteiger partial charge on any atom is 0.255 e. The van der Waals surface area contributed by atoms with Gasteiger partial charge in [-0.25, -0.2) is 13.1 Å². The largest absolute Gasteiger partial charge is 0.497 e. The minimum Gasteiger partial charge on any atom is -0.497 e. The van der Waals surface area contributed by atoms with Crippen molar-refractivity contribution in [2.24, 2.45) is 0 Å². The number of anilines is 1. The first-order chi connectivity index (χ1) is 12.9. The lowest BCUT2D eigenvalue weighted by molar-refractivity contribution is 0.102. The number of sulfonamides is 1. The highest BCUT2D eigenvalue weighted by Crippen LogP contribution is 2.30. The predicted molar refractivity (Wildman–Crippen MR) is 101 cm³/mol. The van der Waals surface area contributed by atoms with Crippen molar-refractivity contribution < 1.29 is 27.4 Å². The summed E-state index contributed by atoms with van der Waals surface area (Å²) < 4.78 is 42.6. The van der Waals surface area contributed by atoms with Crippen LogP contribution >= 0.6 is 0 Å². The summed E-state index contributed by atoms with van der Waals surface area (Å²) in [6, 6.07) is 9.13. The third kappa shape index (κ3) is 4.69. The maximum absolute atomic E-state index is 12.7. The number of methoxy groups -OCH3 is 3. The van der Waals surface area contributed by atoms with E-state index in [0.717, 1.165) is 0 Å². The Morgan fingerprint density at radius 3 is 2.22 bits per heavy atom. The molecule has 146 valence electrons. The number of hydrogen-bond acceptors (Lipinski definition) is 6. The van der Waals surface area contributed by atoms with Crippen LogP contribution in [0.2, 0.25) is 0 Å². The van der Waals surface area contributed by atoms with Crippen molar-refractivity contribution in [3.05, 3.63) is 42.0 Å². The summed E-state index contributed by atoms with van der Waals surface area (Å²) in [5.74, 6) is 0.623. The van der Waals surface area contributed by atoms with Gasteiger partial charge in [-0.3, -0.25) is 4.79 Å². The molecule has 0 saturated carbocycles. The van der Waals surface area contributed by atoms with E-state index in [1.807, 2.05) is 0 Å². The summed E-state index contributed by atoms with van der Waals surface area (Å²) in [7, 11) is 0.544. The Labute approximate surface area is 158 Å². The number of carbonyl (C=O) groups excluding carboxylic acids is 1. The zero-order valence-electron chi connectivity index (χ0n) is 15.5. The van der Waals surface area contributed by atoms with E-state index >= 15 is 0 Å². The molecule has 0 aliphatic rings. The lowest BCUT2D eigenvalue weighted by Crippen LogP contribution is -2.24. The molecule has 0 aromatic heterocycles. The first-order valence-corrected chi connectivity index (χ1v) is 9.55. The number of carbonyl (C=O) groups is 1. The minimum absolute atomic E-state index is 0.114. The molecule has 0 bridgehead atoms. The van der Waals surface area contributed by atoms with E-state index in [0.29, 0.717) is 17.2 Å². The maximum atomic E-state index is 12.7. The van der Waals surface area contributed by atoms with Gasteiger partial charge in [-0.2, -0.15) is 0 Å². The van der Waals surface area contributed by atoms with Gasteiger partial charge in [0.15, 0.2) is 0 Å². The quantitative estimate of drug-likeness (QED) is 0.712. The van der Waals surface area contributed by atoms with Crippen LogP contribution in [-0.4, -0.2) is 42.2 Å². The zero-order chi connectivity index (χ0) is 20.0. The third-order valence-corrected chi connectivity index (χ3v) is 5.27. The Bertz CT molecular complexity index is 927. The molecule has 0 saturated heterocycles. The topological polar surface area (TPSA) is 103 Å². The summed E-state index contributed by atoms with van der Waals surface area (Å²) in [6.45, 7) is 1.87. The molecule has 0 radical (unpaired) electrons. The van der Waals surface area contributed by atoms with E-state index in [9.17, 15) is 13.2 Å². The van der Waals surface area contributed by atoms with E-state index in [-0.39, 0.29) is 22.8 Å². The van der Waals surface area contributed by atoms with Gasteiger partial charge in [0.2, 0.25) is 10.0 Å². The van der Waals surface area contributed by atoms with Gasteiger partial charge in [0.05, 0.1) is 27.0 Å². The molecule has 0 unspecified atom stereocenters. The highest BCUT2D eigenvalue weighted by molar-refractivity contribution is 7.89. The predicted octanol–water partition coefficient (Wildman–Crippen LogP) is 2.26. The lowest BCUT2D eigenvalue weighted by atomic mass is 10.2. The monoisotopic (exact) mass is 394 g/mol. The number of hydrogen-bond donors (Lipinski definition) is 2. The number of benzene rings is 2. The molecule has 2 rings (SSSR count). The molecule has 27 heavy (non-hydrogen) atoms. The second-order valence-corrected chi connectivity index (χ2v) is 7.12. The standard InChI is InChI=1S/C18H22N2O6S/c1-5-19-27(22,23)17-10-12(6-8-16(17)26-4)18(21)20-14-11-13(24-2)7-9-15(14)25-3/h6-11,19H,5H2,1-4H3,(H,20,21). The van der Waals surface area contributed by atoms with E-state index < -0.39 is 15.9 Å². The van der Waals surface area contributed by atoms with Gasteiger partial charge in [-0.15, -0.1) is 0 Å². The normalized spacial score (nSPS) is 11.0. The molecule has 0 fully saturated rings. The summed E-state index contributed by atoms with van der Waals surface area (Å²) in [6.07, 6.45) is 0. The first-order valence-electron chi connectivity index (χ1n) is 8.07. The number of ether oxygens (including phenoxy) is 3. The first kappa shape index (κ1) is 20.5. The van der Waals surface area contributed by atoms with Crippen molar-refractivity contribution in [2.75, 3.05) is 33.2 Å².